The molecule has 1 spiro atoms. The molecule has 4 nitrogen and oxygen atoms in total. The van der Waals surface area contributed by atoms with E-state index in [1.165, 1.54) is 0 Å². The minimum atomic E-state index is -0.846. The van der Waals surface area contributed by atoms with Gasteiger partial charge in [0.25, 0.3) is 5.79 Å². The van der Waals surface area contributed by atoms with Gasteiger partial charge in [0.05, 0.1) is 5.41 Å². The van der Waals surface area contributed by atoms with Crippen LogP contribution in [0.2, 0.25) is 5.02 Å². The van der Waals surface area contributed by atoms with Gasteiger partial charge in [-0.05, 0) is 37.3 Å². The predicted molar refractivity (Wildman–Crippen MR) is 77.1 cm³/mol. The normalized spacial score (nSPS) is 24.0. The SMILES string of the molecule is O=C(O)C1(c2cc3c(cc2Cl)OC2(CCCC2)O3)CCC1. The van der Waals surface area contributed by atoms with Crippen molar-refractivity contribution in [3.05, 3.63) is 22.7 Å². The van der Waals surface area contributed by atoms with E-state index in [0.717, 1.165) is 32.1 Å². The van der Waals surface area contributed by atoms with E-state index < -0.39 is 17.2 Å². The fraction of sp³-hybridized carbons (Fsp3) is 0.562. The zero-order chi connectivity index (χ0) is 14.7. The van der Waals surface area contributed by atoms with Crippen molar-refractivity contribution in [2.75, 3.05) is 0 Å². The maximum Gasteiger partial charge on any atom is 0.314 e. The summed E-state index contributed by atoms with van der Waals surface area (Å²) in [5.74, 6) is -0.0558. The fourth-order valence-electron chi connectivity index (χ4n) is 3.73. The Morgan fingerprint density at radius 3 is 2.19 bits per heavy atom. The summed E-state index contributed by atoms with van der Waals surface area (Å²) in [5.41, 5.74) is -0.179. The van der Waals surface area contributed by atoms with Crippen molar-refractivity contribution in [2.24, 2.45) is 0 Å². The zero-order valence-corrected chi connectivity index (χ0v) is 12.4. The Morgan fingerprint density at radius 1 is 1.05 bits per heavy atom. The first-order chi connectivity index (χ1) is 10.0. The van der Waals surface area contributed by atoms with E-state index in [9.17, 15) is 9.90 Å². The Labute approximate surface area is 128 Å². The van der Waals surface area contributed by atoms with Crippen LogP contribution in [0.4, 0.5) is 0 Å². The zero-order valence-electron chi connectivity index (χ0n) is 11.7. The molecule has 1 N–H and O–H groups in total. The van der Waals surface area contributed by atoms with Gasteiger partial charge >= 0.3 is 5.97 Å². The smallest absolute Gasteiger partial charge is 0.314 e. The molecular weight excluding hydrogens is 292 g/mol. The molecule has 3 aliphatic rings. The van der Waals surface area contributed by atoms with E-state index in [0.29, 0.717) is 34.9 Å². The first kappa shape index (κ1) is 13.3. The first-order valence-electron chi connectivity index (χ1n) is 7.50. The van der Waals surface area contributed by atoms with Crippen LogP contribution in [0.5, 0.6) is 11.5 Å². The number of carboxylic acid groups (broad SMARTS) is 1. The van der Waals surface area contributed by atoms with Crippen molar-refractivity contribution in [1.29, 1.82) is 0 Å². The maximum absolute atomic E-state index is 11.7. The van der Waals surface area contributed by atoms with Crippen molar-refractivity contribution in [1.82, 2.24) is 0 Å². The van der Waals surface area contributed by atoms with Gasteiger partial charge in [0.15, 0.2) is 11.5 Å². The van der Waals surface area contributed by atoms with Crippen LogP contribution < -0.4 is 9.47 Å². The summed E-state index contributed by atoms with van der Waals surface area (Å²) in [6.45, 7) is 0. The number of halogens is 1. The Bertz CT molecular complexity index is 615. The number of benzene rings is 1. The molecule has 21 heavy (non-hydrogen) atoms. The van der Waals surface area contributed by atoms with Crippen LogP contribution in [0, 0.1) is 0 Å². The van der Waals surface area contributed by atoms with Crippen molar-refractivity contribution in [2.45, 2.75) is 56.1 Å². The Hall–Kier alpha value is -1.42. The van der Waals surface area contributed by atoms with Crippen LogP contribution in [0.25, 0.3) is 0 Å². The molecule has 1 heterocycles. The van der Waals surface area contributed by atoms with Gasteiger partial charge < -0.3 is 14.6 Å². The summed E-state index contributed by atoms with van der Waals surface area (Å²) in [7, 11) is 0. The lowest BCUT2D eigenvalue weighted by Crippen LogP contribution is -2.42. The van der Waals surface area contributed by atoms with Crippen LogP contribution in [0.15, 0.2) is 12.1 Å². The van der Waals surface area contributed by atoms with E-state index in [1.54, 1.807) is 12.1 Å². The lowest BCUT2D eigenvalue weighted by Gasteiger charge is -2.38. The van der Waals surface area contributed by atoms with Gasteiger partial charge in [-0.3, -0.25) is 4.79 Å². The van der Waals surface area contributed by atoms with E-state index in [-0.39, 0.29) is 0 Å². The molecule has 4 rings (SSSR count). The molecule has 1 aromatic carbocycles. The Kier molecular flexibility index (Phi) is 2.71. The van der Waals surface area contributed by atoms with Crippen molar-refractivity contribution >= 4 is 17.6 Å². The molecule has 5 heteroatoms. The molecule has 2 fully saturated rings. The van der Waals surface area contributed by atoms with E-state index >= 15 is 0 Å². The van der Waals surface area contributed by atoms with Crippen LogP contribution in [-0.2, 0) is 10.2 Å². The molecule has 0 bridgehead atoms. The fourth-order valence-corrected chi connectivity index (χ4v) is 4.06. The summed E-state index contributed by atoms with van der Waals surface area (Å²) in [6, 6.07) is 3.51. The molecule has 112 valence electrons. The molecule has 2 saturated carbocycles. The molecule has 0 radical (unpaired) electrons. The molecule has 0 atom stereocenters. The minimum Gasteiger partial charge on any atom is -0.481 e. The van der Waals surface area contributed by atoms with Gasteiger partial charge in [-0.1, -0.05) is 18.0 Å². The number of carbonyl (C=O) groups is 1. The number of carboxylic acids is 1. The molecule has 0 unspecified atom stereocenters. The average Bonchev–Trinajstić information content (AvgIpc) is 2.94. The molecular formula is C16H17ClO4. The highest BCUT2D eigenvalue weighted by Crippen LogP contribution is 2.53. The van der Waals surface area contributed by atoms with Crippen LogP contribution in [0.1, 0.15) is 50.5 Å². The summed E-state index contributed by atoms with van der Waals surface area (Å²) in [4.78, 5) is 11.7. The molecule has 1 aliphatic heterocycles. The number of hydrogen-bond donors (Lipinski definition) is 1. The Balaban J connectivity index is 1.75. The topological polar surface area (TPSA) is 55.8 Å². The van der Waals surface area contributed by atoms with E-state index in [4.69, 9.17) is 21.1 Å². The summed E-state index contributed by atoms with van der Waals surface area (Å²) in [5, 5.41) is 10.1. The number of aliphatic carboxylic acids is 1. The van der Waals surface area contributed by atoms with Gasteiger partial charge in [-0.25, -0.2) is 0 Å². The van der Waals surface area contributed by atoms with Crippen LogP contribution >= 0.6 is 11.6 Å². The standard InChI is InChI=1S/C16H17ClO4/c17-11-9-13-12(20-16(21-13)6-1-2-7-16)8-10(11)15(14(18)19)4-3-5-15/h8-9H,1-7H2,(H,18,19). The lowest BCUT2D eigenvalue weighted by molar-refractivity contribution is -0.147. The predicted octanol–water partition coefficient (Wildman–Crippen LogP) is 3.89. The average molecular weight is 309 g/mol. The quantitative estimate of drug-likeness (QED) is 0.900. The number of fused-ring (bicyclic) bond motifs is 1. The van der Waals surface area contributed by atoms with E-state index in [1.807, 2.05) is 0 Å². The minimum absolute atomic E-state index is 0.467. The third-order valence-corrected chi connectivity index (χ3v) is 5.44. The maximum atomic E-state index is 11.7. The number of rotatable bonds is 2. The third kappa shape index (κ3) is 1.78. The molecule has 0 aromatic heterocycles. The lowest BCUT2D eigenvalue weighted by atomic mass is 9.64. The summed E-state index contributed by atoms with van der Waals surface area (Å²) in [6.07, 6.45) is 6.11. The van der Waals surface area contributed by atoms with Gasteiger partial charge in [-0.2, -0.15) is 0 Å². The highest BCUT2D eigenvalue weighted by Gasteiger charge is 2.49. The second-order valence-electron chi connectivity index (χ2n) is 6.34. The van der Waals surface area contributed by atoms with Gasteiger partial charge in [0.1, 0.15) is 0 Å². The Morgan fingerprint density at radius 2 is 1.67 bits per heavy atom. The number of ether oxygens (including phenoxy) is 2. The van der Waals surface area contributed by atoms with Crippen molar-refractivity contribution in [3.8, 4) is 11.5 Å². The largest absolute Gasteiger partial charge is 0.481 e. The van der Waals surface area contributed by atoms with Gasteiger partial charge in [-0.15, -0.1) is 0 Å². The summed E-state index contributed by atoms with van der Waals surface area (Å²) >= 11 is 6.35. The van der Waals surface area contributed by atoms with E-state index in [2.05, 4.69) is 0 Å². The van der Waals surface area contributed by atoms with Gasteiger partial charge in [0.2, 0.25) is 0 Å². The second kappa shape index (κ2) is 4.29. The van der Waals surface area contributed by atoms with Crippen molar-refractivity contribution < 1.29 is 19.4 Å². The van der Waals surface area contributed by atoms with Gasteiger partial charge in [0, 0.05) is 23.9 Å². The monoisotopic (exact) mass is 308 g/mol. The third-order valence-electron chi connectivity index (χ3n) is 5.12. The van der Waals surface area contributed by atoms with Crippen LogP contribution in [-0.4, -0.2) is 16.9 Å². The molecule has 2 aliphatic carbocycles. The second-order valence-corrected chi connectivity index (χ2v) is 6.75. The number of hydrogen-bond acceptors (Lipinski definition) is 3. The molecule has 1 aromatic rings. The summed E-state index contributed by atoms with van der Waals surface area (Å²) < 4.78 is 12.0. The highest BCUT2D eigenvalue weighted by atomic mass is 35.5. The molecule has 0 amide bonds. The molecule has 0 saturated heterocycles. The highest BCUT2D eigenvalue weighted by molar-refractivity contribution is 6.32. The van der Waals surface area contributed by atoms with Crippen LogP contribution in [0.3, 0.4) is 0 Å². The van der Waals surface area contributed by atoms with Crippen molar-refractivity contribution in [3.63, 3.8) is 0 Å². The first-order valence-corrected chi connectivity index (χ1v) is 7.88.